The Morgan fingerprint density at radius 2 is 2.31 bits per heavy atom. The van der Waals surface area contributed by atoms with Crippen LogP contribution in [0.4, 0.5) is 5.95 Å². The molecule has 2 aromatic rings. The zero-order chi connectivity index (χ0) is 11.5. The van der Waals surface area contributed by atoms with Crippen molar-refractivity contribution in [2.24, 2.45) is 0 Å². The summed E-state index contributed by atoms with van der Waals surface area (Å²) in [5.74, 6) is 0.147. The van der Waals surface area contributed by atoms with Gasteiger partial charge in [-0.2, -0.15) is 0 Å². The van der Waals surface area contributed by atoms with Crippen molar-refractivity contribution in [3.8, 4) is 0 Å². The number of H-pyrrole nitrogens is 1. The molecule has 0 bridgehead atoms. The third-order valence-corrected chi connectivity index (χ3v) is 3.14. The largest absolute Gasteiger partial charge is 0.331 e. The fourth-order valence-electron chi connectivity index (χ4n) is 1.15. The average Bonchev–Trinajstić information content (AvgIpc) is 2.74. The molecule has 0 unspecified atom stereocenters. The Balaban J connectivity index is 2.18. The predicted molar refractivity (Wildman–Crippen MR) is 65.7 cm³/mol. The van der Waals surface area contributed by atoms with Crippen molar-refractivity contribution in [1.29, 1.82) is 0 Å². The first-order valence-electron chi connectivity index (χ1n) is 4.42. The van der Waals surface area contributed by atoms with E-state index < -0.39 is 0 Å². The molecule has 16 heavy (non-hydrogen) atoms. The maximum absolute atomic E-state index is 11.7. The maximum atomic E-state index is 11.7. The van der Waals surface area contributed by atoms with Gasteiger partial charge in [0, 0.05) is 22.4 Å². The molecule has 0 fully saturated rings. The third kappa shape index (κ3) is 2.43. The molecule has 0 aliphatic carbocycles. The van der Waals surface area contributed by atoms with E-state index in [4.69, 9.17) is 11.6 Å². The molecule has 2 rings (SSSR count). The van der Waals surface area contributed by atoms with Crippen molar-refractivity contribution in [3.05, 3.63) is 45.7 Å². The third-order valence-electron chi connectivity index (χ3n) is 1.91. The standard InChI is InChI=1S/C10H7BrClN3O/c11-7-2-1-6(5-8(7)12)9(16)15-10-13-3-4-14-10/h1-5H,(H2,13,14,15,16). The van der Waals surface area contributed by atoms with Crippen LogP contribution in [-0.4, -0.2) is 15.9 Å². The number of carbonyl (C=O) groups is 1. The number of aromatic amines is 1. The van der Waals surface area contributed by atoms with Crippen LogP contribution in [0.2, 0.25) is 5.02 Å². The second kappa shape index (κ2) is 4.67. The lowest BCUT2D eigenvalue weighted by Crippen LogP contribution is -2.12. The van der Waals surface area contributed by atoms with Crippen LogP contribution < -0.4 is 5.32 Å². The van der Waals surface area contributed by atoms with Gasteiger partial charge < -0.3 is 4.98 Å². The number of benzene rings is 1. The van der Waals surface area contributed by atoms with Gasteiger partial charge in [0.05, 0.1) is 5.02 Å². The molecule has 0 radical (unpaired) electrons. The normalized spacial score (nSPS) is 10.1. The minimum absolute atomic E-state index is 0.260. The second-order valence-corrected chi connectivity index (χ2v) is 4.28. The number of nitrogens with one attached hydrogen (secondary N) is 2. The van der Waals surface area contributed by atoms with E-state index in [0.717, 1.165) is 4.47 Å². The van der Waals surface area contributed by atoms with Gasteiger partial charge in [0.1, 0.15) is 0 Å². The molecule has 2 N–H and O–H groups in total. The van der Waals surface area contributed by atoms with Crippen molar-refractivity contribution in [2.75, 3.05) is 5.32 Å². The van der Waals surface area contributed by atoms with Gasteiger partial charge in [-0.25, -0.2) is 4.98 Å². The Bertz CT molecular complexity index is 513. The fourth-order valence-corrected chi connectivity index (χ4v) is 1.58. The number of halogens is 2. The molecule has 1 heterocycles. The summed E-state index contributed by atoms with van der Waals surface area (Å²) < 4.78 is 0.753. The molecule has 4 nitrogen and oxygen atoms in total. The van der Waals surface area contributed by atoms with Gasteiger partial charge in [0.2, 0.25) is 5.95 Å². The number of carbonyl (C=O) groups excluding carboxylic acids is 1. The highest BCUT2D eigenvalue weighted by Gasteiger charge is 2.08. The second-order valence-electron chi connectivity index (χ2n) is 3.02. The van der Waals surface area contributed by atoms with Crippen molar-refractivity contribution in [2.45, 2.75) is 0 Å². The molecule has 6 heteroatoms. The molecular weight excluding hydrogens is 293 g/mol. The number of rotatable bonds is 2. The molecular formula is C10H7BrClN3O. The first kappa shape index (κ1) is 11.2. The molecule has 0 aliphatic heterocycles. The monoisotopic (exact) mass is 299 g/mol. The van der Waals surface area contributed by atoms with Crippen LogP contribution in [-0.2, 0) is 0 Å². The van der Waals surface area contributed by atoms with E-state index in [-0.39, 0.29) is 5.91 Å². The van der Waals surface area contributed by atoms with E-state index in [9.17, 15) is 4.79 Å². The Morgan fingerprint density at radius 3 is 2.94 bits per heavy atom. The summed E-state index contributed by atoms with van der Waals surface area (Å²) in [7, 11) is 0. The zero-order valence-corrected chi connectivity index (χ0v) is 10.3. The number of anilines is 1. The molecule has 82 valence electrons. The maximum Gasteiger partial charge on any atom is 0.258 e. The highest BCUT2D eigenvalue weighted by Crippen LogP contribution is 2.23. The topological polar surface area (TPSA) is 57.8 Å². The van der Waals surface area contributed by atoms with Crippen molar-refractivity contribution in [3.63, 3.8) is 0 Å². The Morgan fingerprint density at radius 1 is 1.50 bits per heavy atom. The molecule has 0 atom stereocenters. The van der Waals surface area contributed by atoms with E-state index in [0.29, 0.717) is 16.5 Å². The number of nitrogens with zero attached hydrogens (tertiary/aromatic N) is 1. The van der Waals surface area contributed by atoms with Crippen LogP contribution >= 0.6 is 27.5 Å². The summed E-state index contributed by atoms with van der Waals surface area (Å²) >= 11 is 9.15. The van der Waals surface area contributed by atoms with E-state index in [2.05, 4.69) is 31.2 Å². The van der Waals surface area contributed by atoms with Crippen molar-refractivity contribution in [1.82, 2.24) is 9.97 Å². The Hall–Kier alpha value is -1.33. The summed E-state index contributed by atoms with van der Waals surface area (Å²) in [6.45, 7) is 0. The molecule has 0 spiro atoms. The highest BCUT2D eigenvalue weighted by atomic mass is 79.9. The van der Waals surface area contributed by atoms with Crippen molar-refractivity contribution >= 4 is 39.4 Å². The van der Waals surface area contributed by atoms with Gasteiger partial charge in [-0.3, -0.25) is 10.1 Å². The van der Waals surface area contributed by atoms with Crippen LogP contribution in [0.1, 0.15) is 10.4 Å². The number of imidazole rings is 1. The van der Waals surface area contributed by atoms with Gasteiger partial charge >= 0.3 is 0 Å². The molecule has 1 amide bonds. The van der Waals surface area contributed by atoms with Gasteiger partial charge in [-0.15, -0.1) is 0 Å². The van der Waals surface area contributed by atoms with Crippen LogP contribution in [0.5, 0.6) is 0 Å². The predicted octanol–water partition coefficient (Wildman–Crippen LogP) is 3.08. The first-order valence-corrected chi connectivity index (χ1v) is 5.59. The SMILES string of the molecule is O=C(Nc1ncc[nH]1)c1ccc(Br)c(Cl)c1. The van der Waals surface area contributed by atoms with E-state index in [1.54, 1.807) is 30.6 Å². The smallest absolute Gasteiger partial charge is 0.258 e. The zero-order valence-electron chi connectivity index (χ0n) is 8.00. The Kier molecular flexibility index (Phi) is 3.26. The van der Waals surface area contributed by atoms with E-state index in [1.807, 2.05) is 0 Å². The average molecular weight is 301 g/mol. The molecule has 1 aromatic heterocycles. The number of hydrogen-bond donors (Lipinski definition) is 2. The molecule has 0 saturated heterocycles. The number of aromatic nitrogens is 2. The molecule has 1 aromatic carbocycles. The van der Waals surface area contributed by atoms with E-state index >= 15 is 0 Å². The lowest BCUT2D eigenvalue weighted by atomic mass is 10.2. The fraction of sp³-hybridized carbons (Fsp3) is 0. The van der Waals surface area contributed by atoms with E-state index in [1.165, 1.54) is 0 Å². The quantitative estimate of drug-likeness (QED) is 0.895. The van der Waals surface area contributed by atoms with Gasteiger partial charge in [-0.1, -0.05) is 11.6 Å². The van der Waals surface area contributed by atoms with Gasteiger partial charge in [0.25, 0.3) is 5.91 Å². The Labute approximate surface area is 105 Å². The molecule has 0 saturated carbocycles. The summed E-state index contributed by atoms with van der Waals surface area (Å²) in [6, 6.07) is 4.98. The van der Waals surface area contributed by atoms with Crippen LogP contribution in [0, 0.1) is 0 Å². The van der Waals surface area contributed by atoms with Crippen LogP contribution in [0.15, 0.2) is 35.1 Å². The summed E-state index contributed by atoms with van der Waals surface area (Å²) in [5, 5.41) is 3.10. The minimum Gasteiger partial charge on any atom is -0.331 e. The van der Waals surface area contributed by atoms with Crippen LogP contribution in [0.25, 0.3) is 0 Å². The lowest BCUT2D eigenvalue weighted by molar-refractivity contribution is 0.102. The first-order chi connectivity index (χ1) is 7.66. The summed E-state index contributed by atoms with van der Waals surface area (Å²) in [6.07, 6.45) is 3.19. The molecule has 0 aliphatic rings. The summed E-state index contributed by atoms with van der Waals surface area (Å²) in [5.41, 5.74) is 0.476. The summed E-state index contributed by atoms with van der Waals surface area (Å²) in [4.78, 5) is 18.4. The van der Waals surface area contributed by atoms with Crippen LogP contribution in [0.3, 0.4) is 0 Å². The van der Waals surface area contributed by atoms with Crippen molar-refractivity contribution < 1.29 is 4.79 Å². The number of amides is 1. The van der Waals surface area contributed by atoms with Gasteiger partial charge in [-0.05, 0) is 34.1 Å². The van der Waals surface area contributed by atoms with Gasteiger partial charge in [0.15, 0.2) is 0 Å². The minimum atomic E-state index is -0.260. The lowest BCUT2D eigenvalue weighted by Gasteiger charge is -2.03. The number of hydrogen-bond acceptors (Lipinski definition) is 2. The highest BCUT2D eigenvalue weighted by molar-refractivity contribution is 9.10.